The molecule has 168 valence electrons. The zero-order valence-electron chi connectivity index (χ0n) is 19.6. The topological polar surface area (TPSA) is 55.8 Å². The molecule has 0 aromatic heterocycles. The van der Waals surface area contributed by atoms with E-state index in [1.54, 1.807) is 0 Å². The van der Waals surface area contributed by atoms with Gasteiger partial charge in [0.15, 0.2) is 0 Å². The molecule has 6 heteroatoms. The van der Waals surface area contributed by atoms with Crippen molar-refractivity contribution in [3.05, 3.63) is 11.6 Å². The number of aliphatic hydroxyl groups excluding tert-OH is 1. The van der Waals surface area contributed by atoms with Crippen molar-refractivity contribution in [3.63, 3.8) is 0 Å². The fraction of sp³-hybridized carbons (Fsp3) is 0.909. The molecule has 0 aromatic carbocycles. The third-order valence-corrected chi connectivity index (χ3v) is 23.0. The van der Waals surface area contributed by atoms with Gasteiger partial charge in [0, 0.05) is 0 Å². The molecule has 0 bridgehead atoms. The van der Waals surface area contributed by atoms with Crippen molar-refractivity contribution < 1.29 is 18.7 Å². The molecule has 0 amide bonds. The summed E-state index contributed by atoms with van der Waals surface area (Å²) in [6.07, 6.45) is 7.89. The van der Waals surface area contributed by atoms with E-state index in [0.29, 0.717) is 6.42 Å². The Hall–Kier alpha value is 0.489. The van der Waals surface area contributed by atoms with Crippen LogP contribution in [0.5, 0.6) is 0 Å². The quantitative estimate of drug-likeness (QED) is 0.117. The molecule has 28 heavy (non-hydrogen) atoms. The first-order chi connectivity index (χ1) is 13.1. The van der Waals surface area contributed by atoms with Crippen LogP contribution >= 0.6 is 7.60 Å². The summed E-state index contributed by atoms with van der Waals surface area (Å²) in [4.78, 5) is 0. The Bertz CT molecular complexity index is 441. The van der Waals surface area contributed by atoms with Crippen LogP contribution in [0, 0.1) is 0 Å². The Kier molecular flexibility index (Phi) is 15.6. The zero-order valence-corrected chi connectivity index (χ0v) is 23.4. The number of allylic oxidation sites excluding steroid dienone is 1. The van der Waals surface area contributed by atoms with Gasteiger partial charge in [0.05, 0.1) is 0 Å². The van der Waals surface area contributed by atoms with Gasteiger partial charge in [0.1, 0.15) is 0 Å². The molecule has 0 saturated carbocycles. The van der Waals surface area contributed by atoms with E-state index in [1.165, 1.54) is 57.7 Å². The van der Waals surface area contributed by atoms with Crippen molar-refractivity contribution in [3.8, 4) is 0 Å². The Morgan fingerprint density at radius 2 is 1.25 bits per heavy atom. The molecule has 0 spiro atoms. The molecular weight excluding hydrogens is 478 g/mol. The van der Waals surface area contributed by atoms with Crippen molar-refractivity contribution in [1.82, 2.24) is 0 Å². The third kappa shape index (κ3) is 12.9. The van der Waals surface area contributed by atoms with Crippen LogP contribution in [0.25, 0.3) is 0 Å². The second-order valence-corrected chi connectivity index (χ2v) is 24.8. The number of aliphatic hydroxyl groups is 1. The predicted molar refractivity (Wildman–Crippen MR) is 125 cm³/mol. The molecule has 4 nitrogen and oxygen atoms in total. The molecule has 0 aliphatic rings. The first-order valence-electron chi connectivity index (χ1n) is 11.5. The monoisotopic (exact) mass is 526 g/mol. The summed E-state index contributed by atoms with van der Waals surface area (Å²) >= 11 is -2.30. The number of unbranched alkanes of at least 4 members (excludes halogenated alkanes) is 3. The molecule has 0 aliphatic heterocycles. The summed E-state index contributed by atoms with van der Waals surface area (Å²) in [6.45, 7) is 14.2. The Morgan fingerprint density at radius 1 is 0.857 bits per heavy atom. The summed E-state index contributed by atoms with van der Waals surface area (Å²) in [7, 11) is -3.42. The Morgan fingerprint density at radius 3 is 1.57 bits per heavy atom. The second-order valence-electron chi connectivity index (χ2n) is 8.78. The van der Waals surface area contributed by atoms with Gasteiger partial charge < -0.3 is 0 Å². The maximum atomic E-state index is 13.0. The van der Waals surface area contributed by atoms with E-state index in [4.69, 9.17) is 9.05 Å². The average molecular weight is 525 g/mol. The molecule has 0 rings (SSSR count). The zero-order chi connectivity index (χ0) is 21.6. The van der Waals surface area contributed by atoms with Crippen molar-refractivity contribution >= 4 is 26.0 Å². The summed E-state index contributed by atoms with van der Waals surface area (Å²) in [5.74, 6) is 1.57. The van der Waals surface area contributed by atoms with Crippen LogP contribution in [0.1, 0.15) is 93.4 Å². The normalized spacial score (nSPS) is 13.7. The van der Waals surface area contributed by atoms with E-state index < -0.39 is 26.0 Å². The fourth-order valence-electron chi connectivity index (χ4n) is 3.72. The van der Waals surface area contributed by atoms with Crippen molar-refractivity contribution in [2.75, 3.05) is 0 Å². The standard InChI is InChI=1S/C10H20O4P.3C4H9.Sn/c1-6-10(11)7-15(12,13-8(2)3)14-9(4)5;3*1-3-4-2;/h7-9,11H,1,6H2,2-5H3;3*1,3-4H2,2H3;/b10-7-;;;;. The minimum absolute atomic E-state index is 0.190. The van der Waals surface area contributed by atoms with E-state index in [1.807, 2.05) is 27.7 Å². The number of hydrogen-bond donors (Lipinski definition) is 1. The third-order valence-electron chi connectivity index (χ3n) is 5.12. The molecule has 0 radical (unpaired) electrons. The Labute approximate surface area is 179 Å². The van der Waals surface area contributed by atoms with E-state index in [-0.39, 0.29) is 18.0 Å². The maximum absolute atomic E-state index is 13.0. The van der Waals surface area contributed by atoms with Crippen molar-refractivity contribution in [2.45, 2.75) is 123 Å². The van der Waals surface area contributed by atoms with Crippen LogP contribution in [-0.4, -0.2) is 35.7 Å². The van der Waals surface area contributed by atoms with Gasteiger partial charge in [-0.15, -0.1) is 0 Å². The summed E-state index contributed by atoms with van der Waals surface area (Å²) in [6, 6.07) is 0. The number of hydrogen-bond acceptors (Lipinski definition) is 4. The van der Waals surface area contributed by atoms with Crippen LogP contribution in [0.3, 0.4) is 0 Å². The molecular formula is C22H47O4PSn. The molecule has 0 atom stereocenters. The van der Waals surface area contributed by atoms with E-state index in [2.05, 4.69) is 20.8 Å². The van der Waals surface area contributed by atoms with E-state index >= 15 is 0 Å². The molecule has 0 saturated heterocycles. The van der Waals surface area contributed by atoms with Gasteiger partial charge in [-0.3, -0.25) is 0 Å². The minimum atomic E-state index is -3.42. The first kappa shape index (κ1) is 28.5. The van der Waals surface area contributed by atoms with Crippen LogP contribution in [0.2, 0.25) is 17.7 Å². The van der Waals surface area contributed by atoms with Gasteiger partial charge in [-0.05, 0) is 0 Å². The molecule has 0 heterocycles. The van der Waals surface area contributed by atoms with E-state index in [0.717, 1.165) is 4.44 Å². The summed E-state index contributed by atoms with van der Waals surface area (Å²) in [5, 5.41) is 10.6. The molecule has 1 N–H and O–H groups in total. The van der Waals surface area contributed by atoms with Gasteiger partial charge in [-0.2, -0.15) is 0 Å². The predicted octanol–water partition coefficient (Wildman–Crippen LogP) is 8.67. The van der Waals surface area contributed by atoms with Gasteiger partial charge in [0.25, 0.3) is 0 Å². The fourth-order valence-corrected chi connectivity index (χ4v) is 21.5. The molecule has 0 unspecified atom stereocenters. The molecule has 0 fully saturated rings. The SMILES string of the molecule is CCC[CH2][Sn]([CH2]CCC)([CH2]CCC)[CH2]C/C(O)=C/P(=O)(OC(C)C)OC(C)C. The van der Waals surface area contributed by atoms with Crippen LogP contribution in [0.4, 0.5) is 0 Å². The van der Waals surface area contributed by atoms with Gasteiger partial charge >= 0.3 is 180 Å². The second kappa shape index (κ2) is 15.3. The van der Waals surface area contributed by atoms with Crippen molar-refractivity contribution in [2.24, 2.45) is 0 Å². The van der Waals surface area contributed by atoms with E-state index in [9.17, 15) is 9.67 Å². The summed E-state index contributed by atoms with van der Waals surface area (Å²) < 4.78 is 29.5. The van der Waals surface area contributed by atoms with Crippen molar-refractivity contribution in [1.29, 1.82) is 0 Å². The molecule has 0 aliphatic carbocycles. The van der Waals surface area contributed by atoms with Crippen LogP contribution in [0.15, 0.2) is 11.6 Å². The number of rotatable bonds is 17. The molecule has 0 aromatic rings. The summed E-state index contributed by atoms with van der Waals surface area (Å²) in [5.41, 5.74) is 0. The van der Waals surface area contributed by atoms with Gasteiger partial charge in [-0.25, -0.2) is 0 Å². The average Bonchev–Trinajstić information content (AvgIpc) is 2.58. The first-order valence-corrected chi connectivity index (χ1v) is 21.2. The van der Waals surface area contributed by atoms with Gasteiger partial charge in [0.2, 0.25) is 0 Å². The van der Waals surface area contributed by atoms with Gasteiger partial charge in [-0.1, -0.05) is 0 Å². The van der Waals surface area contributed by atoms with Crippen LogP contribution in [-0.2, 0) is 13.6 Å². The Balaban J connectivity index is 5.33. The van der Waals surface area contributed by atoms with Crippen LogP contribution < -0.4 is 0 Å².